The third-order valence-electron chi connectivity index (χ3n) is 5.60. The average molecular weight is 410 g/mol. The summed E-state index contributed by atoms with van der Waals surface area (Å²) in [4.78, 5) is 29.2. The Morgan fingerprint density at radius 3 is 2.76 bits per heavy atom. The Balaban J connectivity index is 1.38. The fraction of sp³-hybridized carbons (Fsp3) is 0.333. The number of piperidine rings is 1. The molecule has 1 amide bonds. The lowest BCUT2D eigenvalue weighted by atomic mass is 9.85. The summed E-state index contributed by atoms with van der Waals surface area (Å²) in [6, 6.07) is 3.44. The Hall–Kier alpha value is -2.71. The van der Waals surface area contributed by atoms with Crippen LogP contribution in [0.4, 0.5) is 4.39 Å². The van der Waals surface area contributed by atoms with Crippen LogP contribution in [0.3, 0.4) is 0 Å². The highest BCUT2D eigenvalue weighted by Crippen LogP contribution is 2.47. The minimum atomic E-state index is -0.500. The highest BCUT2D eigenvalue weighted by molar-refractivity contribution is 7.15. The molecule has 1 fully saturated rings. The van der Waals surface area contributed by atoms with Crippen molar-refractivity contribution >= 4 is 17.2 Å². The monoisotopic (exact) mass is 410 g/mol. The largest absolute Gasteiger partial charge is 0.369 e. The Kier molecular flexibility index (Phi) is 4.60. The number of amides is 1. The Morgan fingerprint density at radius 1 is 1.14 bits per heavy atom. The lowest BCUT2D eigenvalue weighted by molar-refractivity contribution is -0.0906. The summed E-state index contributed by atoms with van der Waals surface area (Å²) in [6.45, 7) is 1.80. The van der Waals surface area contributed by atoms with E-state index in [9.17, 15) is 9.18 Å². The van der Waals surface area contributed by atoms with Gasteiger partial charge < -0.3 is 9.64 Å². The predicted octanol–water partition coefficient (Wildman–Crippen LogP) is 3.44. The second-order valence-electron chi connectivity index (χ2n) is 7.33. The molecule has 29 heavy (non-hydrogen) atoms. The Bertz CT molecular complexity index is 1050. The molecule has 0 unspecified atom stereocenters. The van der Waals surface area contributed by atoms with Gasteiger partial charge in [-0.3, -0.25) is 19.7 Å². The van der Waals surface area contributed by atoms with Gasteiger partial charge in [0.25, 0.3) is 5.91 Å². The van der Waals surface area contributed by atoms with E-state index >= 15 is 0 Å². The summed E-state index contributed by atoms with van der Waals surface area (Å²) in [5.74, 6) is -0.686. The number of halogens is 1. The van der Waals surface area contributed by atoms with Gasteiger partial charge in [0.15, 0.2) is 0 Å². The fourth-order valence-electron chi connectivity index (χ4n) is 4.13. The number of ether oxygens (including phenoxy) is 1. The maximum atomic E-state index is 13.4. The van der Waals surface area contributed by atoms with Crippen molar-refractivity contribution in [3.05, 3.63) is 64.9 Å². The van der Waals surface area contributed by atoms with E-state index in [1.54, 1.807) is 34.8 Å². The molecule has 0 bridgehead atoms. The molecule has 6 nitrogen and oxygen atoms in total. The van der Waals surface area contributed by atoms with Crippen molar-refractivity contribution in [3.8, 4) is 10.6 Å². The molecule has 8 heteroatoms. The van der Waals surface area contributed by atoms with E-state index in [1.165, 1.54) is 22.7 Å². The predicted molar refractivity (Wildman–Crippen MR) is 106 cm³/mol. The summed E-state index contributed by atoms with van der Waals surface area (Å²) < 4.78 is 19.7. The number of thiophene rings is 1. The summed E-state index contributed by atoms with van der Waals surface area (Å²) in [7, 11) is 0. The molecule has 0 saturated carbocycles. The number of aromatic nitrogens is 3. The third-order valence-corrected chi connectivity index (χ3v) is 6.98. The molecular formula is C21H19FN4O2S. The molecule has 1 saturated heterocycles. The van der Waals surface area contributed by atoms with E-state index in [0.717, 1.165) is 36.0 Å². The van der Waals surface area contributed by atoms with Crippen LogP contribution in [0.1, 0.15) is 33.6 Å². The molecule has 0 aliphatic carbocycles. The topological polar surface area (TPSA) is 68.2 Å². The van der Waals surface area contributed by atoms with Crippen molar-refractivity contribution in [1.29, 1.82) is 0 Å². The van der Waals surface area contributed by atoms with E-state index in [4.69, 9.17) is 4.74 Å². The molecule has 148 valence electrons. The number of carbonyl (C=O) groups excluding carboxylic acids is 1. The SMILES string of the molecule is O=C(c1cncc(F)c1)N1CCC2(CC1)OCCc1cc(-c3cnccn3)sc12. The van der Waals surface area contributed by atoms with Crippen LogP contribution in [-0.2, 0) is 16.8 Å². The zero-order valence-electron chi connectivity index (χ0n) is 15.7. The highest BCUT2D eigenvalue weighted by Gasteiger charge is 2.43. The first-order chi connectivity index (χ1) is 14.1. The van der Waals surface area contributed by atoms with Gasteiger partial charge in [0.2, 0.25) is 0 Å². The molecule has 5 heterocycles. The number of pyridine rings is 1. The second-order valence-corrected chi connectivity index (χ2v) is 8.38. The number of likely N-dealkylation sites (tertiary alicyclic amines) is 1. The van der Waals surface area contributed by atoms with Crippen molar-refractivity contribution in [2.45, 2.75) is 24.9 Å². The maximum Gasteiger partial charge on any atom is 0.255 e. The van der Waals surface area contributed by atoms with E-state index in [0.29, 0.717) is 19.7 Å². The molecule has 2 aliphatic heterocycles. The fourth-order valence-corrected chi connectivity index (χ4v) is 5.50. The van der Waals surface area contributed by atoms with Crippen molar-refractivity contribution in [1.82, 2.24) is 19.9 Å². The van der Waals surface area contributed by atoms with Crippen molar-refractivity contribution < 1.29 is 13.9 Å². The third kappa shape index (κ3) is 3.32. The van der Waals surface area contributed by atoms with E-state index < -0.39 is 5.82 Å². The molecule has 0 N–H and O–H groups in total. The molecule has 5 rings (SSSR count). The van der Waals surface area contributed by atoms with Crippen LogP contribution in [0.25, 0.3) is 10.6 Å². The Morgan fingerprint density at radius 2 is 2.00 bits per heavy atom. The number of hydrogen-bond acceptors (Lipinski definition) is 6. The van der Waals surface area contributed by atoms with Crippen molar-refractivity contribution in [3.63, 3.8) is 0 Å². The van der Waals surface area contributed by atoms with Crippen molar-refractivity contribution in [2.24, 2.45) is 0 Å². The van der Waals surface area contributed by atoms with Gasteiger partial charge in [-0.1, -0.05) is 0 Å². The standard InChI is InChI=1S/C21H19FN4O2S/c22-16-9-15(11-24-12-16)20(27)26-6-2-21(3-7-26)19-14(1-8-28-21)10-18(29-19)17-13-23-4-5-25-17/h4-5,9-13H,1-3,6-8H2. The normalized spacial score (nSPS) is 17.9. The Labute approximate surface area is 171 Å². The lowest BCUT2D eigenvalue weighted by Gasteiger charge is -2.43. The van der Waals surface area contributed by atoms with Crippen LogP contribution in [0, 0.1) is 5.82 Å². The van der Waals surface area contributed by atoms with Crippen LogP contribution in [0.5, 0.6) is 0 Å². The van der Waals surface area contributed by atoms with Gasteiger partial charge in [0.05, 0.1) is 35.1 Å². The molecule has 3 aromatic rings. The van der Waals surface area contributed by atoms with Gasteiger partial charge in [-0.05, 0) is 37.0 Å². The number of nitrogens with zero attached hydrogens (tertiary/aromatic N) is 4. The molecule has 0 radical (unpaired) electrons. The van der Waals surface area contributed by atoms with Gasteiger partial charge in [0, 0.05) is 36.6 Å². The molecule has 3 aromatic heterocycles. The summed E-state index contributed by atoms with van der Waals surface area (Å²) >= 11 is 1.71. The summed E-state index contributed by atoms with van der Waals surface area (Å²) in [6.07, 6.45) is 9.98. The van der Waals surface area contributed by atoms with Gasteiger partial charge in [-0.2, -0.15) is 0 Å². The average Bonchev–Trinajstić information content (AvgIpc) is 3.21. The van der Waals surface area contributed by atoms with Gasteiger partial charge in [0.1, 0.15) is 11.4 Å². The second kappa shape index (κ2) is 7.27. The summed E-state index contributed by atoms with van der Waals surface area (Å²) in [5, 5.41) is 0. The first-order valence-electron chi connectivity index (χ1n) is 9.58. The summed E-state index contributed by atoms with van der Waals surface area (Å²) in [5.41, 5.74) is 2.09. The maximum absolute atomic E-state index is 13.4. The quantitative estimate of drug-likeness (QED) is 0.647. The van der Waals surface area contributed by atoms with Crippen LogP contribution < -0.4 is 0 Å². The highest BCUT2D eigenvalue weighted by atomic mass is 32.1. The zero-order valence-corrected chi connectivity index (χ0v) is 16.5. The number of fused-ring (bicyclic) bond motifs is 2. The van der Waals surface area contributed by atoms with Crippen LogP contribution in [-0.4, -0.2) is 45.5 Å². The lowest BCUT2D eigenvalue weighted by Crippen LogP contribution is -2.47. The zero-order chi connectivity index (χ0) is 19.8. The van der Waals surface area contributed by atoms with E-state index in [1.807, 2.05) is 0 Å². The smallest absolute Gasteiger partial charge is 0.255 e. The molecule has 1 spiro atoms. The molecule has 2 aliphatic rings. The molecular weight excluding hydrogens is 391 g/mol. The molecule has 0 atom stereocenters. The van der Waals surface area contributed by atoms with Crippen LogP contribution >= 0.6 is 11.3 Å². The number of rotatable bonds is 2. The van der Waals surface area contributed by atoms with Crippen LogP contribution in [0.15, 0.2) is 43.1 Å². The molecule has 0 aromatic carbocycles. The van der Waals surface area contributed by atoms with Gasteiger partial charge >= 0.3 is 0 Å². The number of hydrogen-bond donors (Lipinski definition) is 0. The first-order valence-corrected chi connectivity index (χ1v) is 10.4. The van der Waals surface area contributed by atoms with Gasteiger partial charge in [-0.25, -0.2) is 4.39 Å². The minimum Gasteiger partial charge on any atom is -0.369 e. The van der Waals surface area contributed by atoms with E-state index in [-0.39, 0.29) is 17.1 Å². The van der Waals surface area contributed by atoms with Gasteiger partial charge in [-0.15, -0.1) is 11.3 Å². The minimum absolute atomic E-state index is 0.186. The van der Waals surface area contributed by atoms with Crippen molar-refractivity contribution in [2.75, 3.05) is 19.7 Å². The van der Waals surface area contributed by atoms with Crippen LogP contribution in [0.2, 0.25) is 0 Å². The first kappa shape index (κ1) is 18.3. The number of carbonyl (C=O) groups is 1. The van der Waals surface area contributed by atoms with E-state index in [2.05, 4.69) is 21.0 Å².